The van der Waals surface area contributed by atoms with Gasteiger partial charge in [-0.15, -0.1) is 0 Å². The van der Waals surface area contributed by atoms with Gasteiger partial charge in [0.2, 0.25) is 0 Å². The van der Waals surface area contributed by atoms with Crippen LogP contribution in [0.2, 0.25) is 5.02 Å². The lowest BCUT2D eigenvalue weighted by molar-refractivity contribution is 0.0691. The maximum Gasteiger partial charge on any atom is 0.356 e. The Bertz CT molecular complexity index is 877. The van der Waals surface area contributed by atoms with E-state index in [1.807, 2.05) is 12.1 Å². The zero-order valence-corrected chi connectivity index (χ0v) is 13.4. The molecule has 0 fully saturated rings. The van der Waals surface area contributed by atoms with Crippen molar-refractivity contribution in [1.29, 1.82) is 0 Å². The van der Waals surface area contributed by atoms with Crippen molar-refractivity contribution in [3.05, 3.63) is 59.3 Å². The van der Waals surface area contributed by atoms with Crippen molar-refractivity contribution in [3.63, 3.8) is 0 Å². The number of methoxy groups -OCH3 is 1. The number of imidazole rings is 1. The summed E-state index contributed by atoms with van der Waals surface area (Å²) < 4.78 is 6.67. The fraction of sp³-hybridized carbons (Fsp3) is 0.125. The first-order valence-electron chi connectivity index (χ1n) is 6.97. The summed E-state index contributed by atoms with van der Waals surface area (Å²) >= 11 is 5.91. The maximum absolute atomic E-state index is 11.0. The van der Waals surface area contributed by atoms with E-state index in [2.05, 4.69) is 15.0 Å². The highest BCUT2D eigenvalue weighted by Crippen LogP contribution is 2.20. The summed E-state index contributed by atoms with van der Waals surface area (Å²) in [6.07, 6.45) is 2.79. The van der Waals surface area contributed by atoms with Crippen molar-refractivity contribution in [2.45, 2.75) is 6.61 Å². The summed E-state index contributed by atoms with van der Waals surface area (Å²) in [5.74, 6) is -0.110. The van der Waals surface area contributed by atoms with Crippen LogP contribution in [0.25, 0.3) is 17.2 Å². The first kappa shape index (κ1) is 16.1. The van der Waals surface area contributed by atoms with Crippen molar-refractivity contribution in [3.8, 4) is 17.2 Å². The second kappa shape index (κ2) is 6.77. The highest BCUT2D eigenvalue weighted by molar-refractivity contribution is 6.30. The van der Waals surface area contributed by atoms with E-state index >= 15 is 0 Å². The Morgan fingerprint density at radius 2 is 2.04 bits per heavy atom. The van der Waals surface area contributed by atoms with Crippen molar-refractivity contribution in [2.75, 3.05) is 7.11 Å². The third-order valence-electron chi connectivity index (χ3n) is 3.23. The molecule has 1 N–H and O–H groups in total. The molecule has 0 radical (unpaired) electrons. The summed E-state index contributed by atoms with van der Waals surface area (Å²) in [7, 11) is 1.57. The van der Waals surface area contributed by atoms with Gasteiger partial charge in [-0.3, -0.25) is 4.57 Å². The molecule has 0 saturated heterocycles. The molecule has 1 aromatic carbocycles. The molecule has 0 bridgehead atoms. The zero-order valence-electron chi connectivity index (χ0n) is 12.7. The molecule has 2 aromatic heterocycles. The predicted octanol–water partition coefficient (Wildman–Crippen LogP) is 2.83. The van der Waals surface area contributed by atoms with Gasteiger partial charge in [0.05, 0.1) is 12.3 Å². The van der Waals surface area contributed by atoms with E-state index in [-0.39, 0.29) is 5.69 Å². The summed E-state index contributed by atoms with van der Waals surface area (Å²) in [5.41, 5.74) is 1.39. The van der Waals surface area contributed by atoms with Crippen LogP contribution in [0.5, 0.6) is 0 Å². The van der Waals surface area contributed by atoms with Crippen LogP contribution in [0, 0.1) is 0 Å². The molecular weight excluding hydrogens is 332 g/mol. The van der Waals surface area contributed by atoms with Crippen LogP contribution in [0.3, 0.4) is 0 Å². The van der Waals surface area contributed by atoms with Crippen molar-refractivity contribution in [2.24, 2.45) is 0 Å². The minimum absolute atomic E-state index is 0.0602. The smallest absolute Gasteiger partial charge is 0.356 e. The third-order valence-corrected chi connectivity index (χ3v) is 3.48. The molecule has 7 nitrogen and oxygen atoms in total. The van der Waals surface area contributed by atoms with Crippen LogP contribution >= 0.6 is 11.6 Å². The zero-order chi connectivity index (χ0) is 17.1. The fourth-order valence-electron chi connectivity index (χ4n) is 2.12. The lowest BCUT2D eigenvalue weighted by atomic mass is 10.2. The number of carbonyl (C=O) groups is 1. The van der Waals surface area contributed by atoms with Crippen molar-refractivity contribution >= 4 is 17.6 Å². The minimum Gasteiger partial charge on any atom is -0.476 e. The van der Waals surface area contributed by atoms with Crippen LogP contribution in [0.1, 0.15) is 16.2 Å². The van der Waals surface area contributed by atoms with Crippen LogP contribution in [-0.2, 0) is 11.3 Å². The Morgan fingerprint density at radius 1 is 1.29 bits per heavy atom. The average molecular weight is 345 g/mol. The monoisotopic (exact) mass is 344 g/mol. The molecule has 122 valence electrons. The normalized spacial score (nSPS) is 10.8. The number of carboxylic acid groups (broad SMARTS) is 1. The Kier molecular flexibility index (Phi) is 4.54. The van der Waals surface area contributed by atoms with Gasteiger partial charge in [0.15, 0.2) is 11.5 Å². The van der Waals surface area contributed by atoms with Crippen molar-refractivity contribution < 1.29 is 14.6 Å². The van der Waals surface area contributed by atoms with Gasteiger partial charge in [-0.1, -0.05) is 11.6 Å². The Morgan fingerprint density at radius 3 is 2.67 bits per heavy atom. The van der Waals surface area contributed by atoms with E-state index in [9.17, 15) is 4.79 Å². The number of halogens is 1. The summed E-state index contributed by atoms with van der Waals surface area (Å²) in [6, 6.07) is 8.85. The van der Waals surface area contributed by atoms with E-state index in [4.69, 9.17) is 21.4 Å². The lowest BCUT2D eigenvalue weighted by Crippen LogP contribution is -2.03. The van der Waals surface area contributed by atoms with Gasteiger partial charge in [-0.05, 0) is 24.3 Å². The summed E-state index contributed by atoms with van der Waals surface area (Å²) in [5, 5.41) is 9.62. The molecule has 0 spiro atoms. The van der Waals surface area contributed by atoms with Gasteiger partial charge in [0.1, 0.15) is 12.1 Å². The third kappa shape index (κ3) is 3.42. The van der Waals surface area contributed by atoms with E-state index < -0.39 is 5.97 Å². The predicted molar refractivity (Wildman–Crippen MR) is 87.3 cm³/mol. The number of nitrogens with zero attached hydrogens (tertiary/aromatic N) is 4. The van der Waals surface area contributed by atoms with Gasteiger partial charge in [-0.2, -0.15) is 0 Å². The first-order chi connectivity index (χ1) is 11.6. The minimum atomic E-state index is -1.10. The Hall–Kier alpha value is -2.77. The molecule has 0 amide bonds. The summed E-state index contributed by atoms with van der Waals surface area (Å²) in [4.78, 5) is 23.8. The molecule has 3 rings (SSSR count). The molecule has 0 saturated carbocycles. The van der Waals surface area contributed by atoms with E-state index in [1.165, 1.54) is 17.1 Å². The number of hydrogen-bond acceptors (Lipinski definition) is 5. The number of carboxylic acids is 1. The second-order valence-electron chi connectivity index (χ2n) is 4.95. The number of benzene rings is 1. The van der Waals surface area contributed by atoms with Gasteiger partial charge >= 0.3 is 5.97 Å². The number of rotatable bonds is 5. The maximum atomic E-state index is 11.0. The van der Waals surface area contributed by atoms with Gasteiger partial charge in [0, 0.05) is 30.0 Å². The number of aromatic nitrogens is 4. The lowest BCUT2D eigenvalue weighted by Gasteiger charge is -2.08. The Balaban J connectivity index is 2.08. The molecule has 0 aliphatic rings. The highest BCUT2D eigenvalue weighted by atomic mass is 35.5. The van der Waals surface area contributed by atoms with Crippen LogP contribution in [0.15, 0.2) is 42.9 Å². The fourth-order valence-corrected chi connectivity index (χ4v) is 2.25. The quantitative estimate of drug-likeness (QED) is 0.765. The van der Waals surface area contributed by atoms with E-state index in [1.54, 1.807) is 25.3 Å². The van der Waals surface area contributed by atoms with Crippen LogP contribution < -0.4 is 0 Å². The molecule has 24 heavy (non-hydrogen) atoms. The number of hydrogen-bond donors (Lipinski definition) is 1. The van der Waals surface area contributed by atoms with Gasteiger partial charge in [-0.25, -0.2) is 19.7 Å². The second-order valence-corrected chi connectivity index (χ2v) is 5.39. The molecular formula is C16H13ClN4O3. The molecule has 0 atom stereocenters. The Labute approximate surface area is 142 Å². The van der Waals surface area contributed by atoms with Gasteiger partial charge in [0.25, 0.3) is 0 Å². The summed E-state index contributed by atoms with van der Waals surface area (Å²) in [6.45, 7) is 0.302. The largest absolute Gasteiger partial charge is 0.476 e. The highest BCUT2D eigenvalue weighted by Gasteiger charge is 2.12. The van der Waals surface area contributed by atoms with Crippen LogP contribution in [-0.4, -0.2) is 37.7 Å². The molecule has 2 heterocycles. The molecule has 3 aromatic rings. The van der Waals surface area contributed by atoms with E-state index in [0.717, 1.165) is 5.56 Å². The first-order valence-corrected chi connectivity index (χ1v) is 7.35. The standard InChI is InChI=1S/C16H13ClN4O3/c1-24-8-12-6-14(21-7-13(16(22)23)18-9-21)20-15(19-12)10-2-4-11(17)5-3-10/h2-7,9H,8H2,1H3,(H,22,23). The molecule has 0 unspecified atom stereocenters. The molecule has 8 heteroatoms. The van der Waals surface area contributed by atoms with Crippen LogP contribution in [0.4, 0.5) is 0 Å². The van der Waals surface area contributed by atoms with E-state index in [0.29, 0.717) is 29.0 Å². The average Bonchev–Trinajstić information content (AvgIpc) is 3.06. The molecule has 0 aliphatic heterocycles. The topological polar surface area (TPSA) is 90.1 Å². The number of aromatic carboxylic acids is 1. The van der Waals surface area contributed by atoms with Gasteiger partial charge < -0.3 is 9.84 Å². The van der Waals surface area contributed by atoms with Crippen molar-refractivity contribution in [1.82, 2.24) is 19.5 Å². The number of ether oxygens (including phenoxy) is 1. The molecule has 0 aliphatic carbocycles. The SMILES string of the molecule is COCc1cc(-n2cnc(C(=O)O)c2)nc(-c2ccc(Cl)cc2)n1.